The number of rotatable bonds is 5. The highest BCUT2D eigenvalue weighted by atomic mass is 35.5. The summed E-state index contributed by atoms with van der Waals surface area (Å²) in [4.78, 5) is 8.55. The molecule has 20 heavy (non-hydrogen) atoms. The molecule has 0 bridgehead atoms. The molecule has 0 fully saturated rings. The van der Waals surface area contributed by atoms with E-state index >= 15 is 0 Å². The van der Waals surface area contributed by atoms with Crippen molar-refractivity contribution in [2.75, 3.05) is 17.2 Å². The van der Waals surface area contributed by atoms with Crippen LogP contribution in [0.2, 0.25) is 5.02 Å². The van der Waals surface area contributed by atoms with Crippen molar-refractivity contribution in [3.05, 3.63) is 40.8 Å². The Morgan fingerprint density at radius 3 is 2.90 bits per heavy atom. The zero-order chi connectivity index (χ0) is 14.5. The van der Waals surface area contributed by atoms with Gasteiger partial charge in [0.05, 0.1) is 10.7 Å². The van der Waals surface area contributed by atoms with E-state index in [1.165, 1.54) is 18.2 Å². The normalized spacial score (nSPS) is 10.4. The molecule has 0 aliphatic rings. The number of anilines is 3. The maximum Gasteiger partial charge on any atom is 0.224 e. The molecular formula is C14H16ClFN4. The first-order chi connectivity index (χ1) is 9.60. The van der Waals surface area contributed by atoms with Crippen LogP contribution in [-0.2, 0) is 0 Å². The second-order valence-electron chi connectivity index (χ2n) is 4.40. The number of hydrogen-bond acceptors (Lipinski definition) is 4. The number of nitrogens with one attached hydrogen (secondary N) is 2. The summed E-state index contributed by atoms with van der Waals surface area (Å²) in [5, 5.41) is 6.58. The van der Waals surface area contributed by atoms with E-state index in [9.17, 15) is 4.39 Å². The van der Waals surface area contributed by atoms with Crippen LogP contribution >= 0.6 is 11.6 Å². The van der Waals surface area contributed by atoms with E-state index < -0.39 is 0 Å². The Morgan fingerprint density at radius 1 is 1.35 bits per heavy atom. The van der Waals surface area contributed by atoms with Gasteiger partial charge >= 0.3 is 0 Å². The standard InChI is InChI=1S/C14H16ClFN4/c1-3-6-17-14-18-8-9(2)13(20-14)19-12-7-10(16)4-5-11(12)15/h4-5,7-8H,3,6H2,1-2H3,(H2,17,18,19,20). The zero-order valence-corrected chi connectivity index (χ0v) is 12.1. The van der Waals surface area contributed by atoms with Crippen LogP contribution in [0.25, 0.3) is 0 Å². The average Bonchev–Trinajstić information content (AvgIpc) is 2.43. The Kier molecular flexibility index (Phi) is 4.74. The van der Waals surface area contributed by atoms with E-state index in [2.05, 4.69) is 27.5 Å². The Morgan fingerprint density at radius 2 is 2.15 bits per heavy atom. The highest BCUT2D eigenvalue weighted by molar-refractivity contribution is 6.33. The van der Waals surface area contributed by atoms with Gasteiger partial charge < -0.3 is 10.6 Å². The SMILES string of the molecule is CCCNc1ncc(C)c(Nc2cc(F)ccc2Cl)n1. The topological polar surface area (TPSA) is 49.8 Å². The predicted molar refractivity (Wildman–Crippen MR) is 80.2 cm³/mol. The van der Waals surface area contributed by atoms with Gasteiger partial charge in [-0.2, -0.15) is 4.98 Å². The van der Waals surface area contributed by atoms with Gasteiger partial charge in [0.1, 0.15) is 11.6 Å². The largest absolute Gasteiger partial charge is 0.354 e. The molecule has 0 atom stereocenters. The van der Waals surface area contributed by atoms with E-state index in [0.717, 1.165) is 18.5 Å². The van der Waals surface area contributed by atoms with Gasteiger partial charge in [0.15, 0.2) is 0 Å². The van der Waals surface area contributed by atoms with Crippen molar-refractivity contribution in [2.24, 2.45) is 0 Å². The Hall–Kier alpha value is -1.88. The van der Waals surface area contributed by atoms with Crippen molar-refractivity contribution in [2.45, 2.75) is 20.3 Å². The lowest BCUT2D eigenvalue weighted by molar-refractivity contribution is 0.628. The fourth-order valence-electron chi connectivity index (χ4n) is 1.61. The van der Waals surface area contributed by atoms with Gasteiger partial charge in [-0.15, -0.1) is 0 Å². The molecule has 0 radical (unpaired) electrons. The minimum atomic E-state index is -0.354. The molecule has 0 spiro atoms. The van der Waals surface area contributed by atoms with Crippen LogP contribution in [0.5, 0.6) is 0 Å². The minimum Gasteiger partial charge on any atom is -0.354 e. The minimum absolute atomic E-state index is 0.354. The molecule has 2 aromatic rings. The summed E-state index contributed by atoms with van der Waals surface area (Å²) >= 11 is 6.03. The lowest BCUT2D eigenvalue weighted by Gasteiger charge is -2.11. The Bertz CT molecular complexity index is 604. The fourth-order valence-corrected chi connectivity index (χ4v) is 1.78. The van der Waals surface area contributed by atoms with Crippen LogP contribution in [0, 0.1) is 12.7 Å². The highest BCUT2D eigenvalue weighted by Gasteiger charge is 2.07. The lowest BCUT2D eigenvalue weighted by atomic mass is 10.3. The van der Waals surface area contributed by atoms with Crippen molar-refractivity contribution in [1.82, 2.24) is 9.97 Å². The van der Waals surface area contributed by atoms with E-state index in [4.69, 9.17) is 11.6 Å². The summed E-state index contributed by atoms with van der Waals surface area (Å²) in [5.74, 6) is 0.784. The molecule has 1 aromatic carbocycles. The first-order valence-corrected chi connectivity index (χ1v) is 6.77. The van der Waals surface area contributed by atoms with E-state index in [0.29, 0.717) is 22.5 Å². The number of hydrogen-bond donors (Lipinski definition) is 2. The summed E-state index contributed by atoms with van der Waals surface area (Å²) in [6.07, 6.45) is 2.69. The maximum atomic E-state index is 13.3. The van der Waals surface area contributed by atoms with Crippen molar-refractivity contribution in [3.8, 4) is 0 Å². The third-order valence-corrected chi connectivity index (χ3v) is 3.02. The smallest absolute Gasteiger partial charge is 0.224 e. The number of aromatic nitrogens is 2. The van der Waals surface area contributed by atoms with Gasteiger partial charge in [-0.25, -0.2) is 9.37 Å². The molecule has 0 unspecified atom stereocenters. The molecule has 1 aromatic heterocycles. The van der Waals surface area contributed by atoms with E-state index in [-0.39, 0.29) is 5.82 Å². The van der Waals surface area contributed by atoms with Gasteiger partial charge in [-0.05, 0) is 31.5 Å². The third-order valence-electron chi connectivity index (χ3n) is 2.69. The first-order valence-electron chi connectivity index (χ1n) is 6.39. The van der Waals surface area contributed by atoms with Crippen LogP contribution < -0.4 is 10.6 Å². The molecule has 6 heteroatoms. The first kappa shape index (κ1) is 14.5. The lowest BCUT2D eigenvalue weighted by Crippen LogP contribution is -2.07. The Labute approximate surface area is 122 Å². The number of aryl methyl sites for hydroxylation is 1. The molecule has 0 saturated heterocycles. The Balaban J connectivity index is 2.25. The monoisotopic (exact) mass is 294 g/mol. The van der Waals surface area contributed by atoms with Gasteiger partial charge in [0.25, 0.3) is 0 Å². The molecule has 0 amide bonds. The number of benzene rings is 1. The molecule has 4 nitrogen and oxygen atoms in total. The van der Waals surface area contributed by atoms with Gasteiger partial charge in [0.2, 0.25) is 5.95 Å². The van der Waals surface area contributed by atoms with Gasteiger partial charge in [0, 0.05) is 18.3 Å². The van der Waals surface area contributed by atoms with Crippen LogP contribution in [0.4, 0.5) is 21.8 Å². The van der Waals surface area contributed by atoms with Crippen molar-refractivity contribution in [1.29, 1.82) is 0 Å². The maximum absolute atomic E-state index is 13.3. The van der Waals surface area contributed by atoms with Crippen LogP contribution in [0.3, 0.4) is 0 Å². The van der Waals surface area contributed by atoms with Crippen molar-refractivity contribution < 1.29 is 4.39 Å². The summed E-state index contributed by atoms with van der Waals surface area (Å²) in [7, 11) is 0. The average molecular weight is 295 g/mol. The van der Waals surface area contributed by atoms with Crippen LogP contribution in [0.15, 0.2) is 24.4 Å². The third kappa shape index (κ3) is 3.57. The molecule has 0 aliphatic heterocycles. The molecule has 1 heterocycles. The zero-order valence-electron chi connectivity index (χ0n) is 11.4. The summed E-state index contributed by atoms with van der Waals surface area (Å²) in [6.45, 7) is 4.73. The second kappa shape index (κ2) is 6.52. The summed E-state index contributed by atoms with van der Waals surface area (Å²) in [6, 6.07) is 4.16. The van der Waals surface area contributed by atoms with E-state index in [1.54, 1.807) is 6.20 Å². The molecular weight excluding hydrogens is 279 g/mol. The second-order valence-corrected chi connectivity index (χ2v) is 4.81. The fraction of sp³-hybridized carbons (Fsp3) is 0.286. The number of halogens is 2. The molecule has 106 valence electrons. The van der Waals surface area contributed by atoms with Crippen molar-refractivity contribution >= 4 is 29.1 Å². The predicted octanol–water partition coefficient (Wildman–Crippen LogP) is 4.14. The van der Waals surface area contributed by atoms with Crippen molar-refractivity contribution in [3.63, 3.8) is 0 Å². The van der Waals surface area contributed by atoms with Crippen LogP contribution in [0.1, 0.15) is 18.9 Å². The highest BCUT2D eigenvalue weighted by Crippen LogP contribution is 2.26. The summed E-state index contributed by atoms with van der Waals surface area (Å²) in [5.41, 5.74) is 1.34. The van der Waals surface area contributed by atoms with Gasteiger partial charge in [-0.3, -0.25) is 0 Å². The van der Waals surface area contributed by atoms with Crippen LogP contribution in [-0.4, -0.2) is 16.5 Å². The molecule has 2 rings (SSSR count). The molecule has 2 N–H and O–H groups in total. The quantitative estimate of drug-likeness (QED) is 0.870. The van der Waals surface area contributed by atoms with Gasteiger partial charge in [-0.1, -0.05) is 18.5 Å². The summed E-state index contributed by atoms with van der Waals surface area (Å²) < 4.78 is 13.3. The number of nitrogens with zero attached hydrogens (tertiary/aromatic N) is 2. The van der Waals surface area contributed by atoms with E-state index in [1.807, 2.05) is 6.92 Å². The molecule has 0 saturated carbocycles. The molecule has 0 aliphatic carbocycles.